The average Bonchev–Trinajstić information content (AvgIpc) is 3.05. The van der Waals surface area contributed by atoms with Crippen LogP contribution in [0, 0.1) is 28.6 Å². The van der Waals surface area contributed by atoms with Crippen LogP contribution >= 0.6 is 0 Å². The van der Waals surface area contributed by atoms with Crippen molar-refractivity contribution < 1.29 is 19.1 Å². The first kappa shape index (κ1) is 22.3. The van der Waals surface area contributed by atoms with Crippen LogP contribution in [0.5, 0.6) is 0 Å². The summed E-state index contributed by atoms with van der Waals surface area (Å²) in [5, 5.41) is 2.83. The lowest BCUT2D eigenvalue weighted by Gasteiger charge is -2.58. The van der Waals surface area contributed by atoms with Crippen LogP contribution in [0.15, 0.2) is 23.8 Å². The zero-order valence-corrected chi connectivity index (χ0v) is 19.4. The van der Waals surface area contributed by atoms with Gasteiger partial charge in [0.2, 0.25) is 5.78 Å². The number of allylic oxidation sites excluding steroid dienone is 4. The summed E-state index contributed by atoms with van der Waals surface area (Å²) < 4.78 is 5.95. The van der Waals surface area contributed by atoms with Crippen molar-refractivity contribution in [3.8, 4) is 0 Å². The molecule has 0 radical (unpaired) electrons. The molecule has 1 unspecified atom stereocenters. The molecule has 4 rings (SSSR count). The fourth-order valence-electron chi connectivity index (χ4n) is 7.55. The number of nitrogens with one attached hydrogen (secondary N) is 1. The highest BCUT2D eigenvalue weighted by Gasteiger charge is 2.68. The third-order valence-electron chi connectivity index (χ3n) is 9.48. The van der Waals surface area contributed by atoms with Gasteiger partial charge >= 0.3 is 6.09 Å². The molecular formula is C26H37NO4. The van der Waals surface area contributed by atoms with E-state index in [9.17, 15) is 14.4 Å². The molecule has 1 amide bonds. The number of carbonyl (C=O) groups excluding carboxylic acids is 3. The number of aldehydes is 1. The number of rotatable bonds is 5. The van der Waals surface area contributed by atoms with Gasteiger partial charge < -0.3 is 10.1 Å². The Hall–Kier alpha value is -1.91. The van der Waals surface area contributed by atoms with E-state index in [1.165, 1.54) is 0 Å². The van der Waals surface area contributed by atoms with Crippen molar-refractivity contribution in [3.63, 3.8) is 0 Å². The van der Waals surface area contributed by atoms with Crippen LogP contribution in [0.2, 0.25) is 0 Å². The second kappa shape index (κ2) is 7.90. The van der Waals surface area contributed by atoms with Gasteiger partial charge in [-0.05, 0) is 76.0 Å². The number of fused-ring (bicyclic) bond motifs is 5. The van der Waals surface area contributed by atoms with E-state index >= 15 is 0 Å². The summed E-state index contributed by atoms with van der Waals surface area (Å²) in [6.07, 6.45) is 14.0. The van der Waals surface area contributed by atoms with Gasteiger partial charge in [-0.25, -0.2) is 4.79 Å². The Kier molecular flexibility index (Phi) is 5.68. The molecule has 3 fully saturated rings. The Bertz CT molecular complexity index is 831. The molecule has 4 aliphatic carbocycles. The van der Waals surface area contributed by atoms with Gasteiger partial charge in [0, 0.05) is 16.9 Å². The summed E-state index contributed by atoms with van der Waals surface area (Å²) in [6.45, 7) is 8.37. The summed E-state index contributed by atoms with van der Waals surface area (Å²) in [5.74, 6) is 0.722. The molecule has 31 heavy (non-hydrogen) atoms. The van der Waals surface area contributed by atoms with Crippen molar-refractivity contribution in [3.05, 3.63) is 23.8 Å². The van der Waals surface area contributed by atoms with Crippen LogP contribution in [0.25, 0.3) is 0 Å². The maximum absolute atomic E-state index is 13.0. The number of hydrogen-bond acceptors (Lipinski definition) is 4. The number of hydrogen-bond donors (Lipinski definition) is 1. The number of ketones is 1. The monoisotopic (exact) mass is 427 g/mol. The summed E-state index contributed by atoms with van der Waals surface area (Å²) in [7, 11) is 0. The molecule has 0 aromatic heterocycles. The topological polar surface area (TPSA) is 72.5 Å². The molecule has 0 heterocycles. The maximum Gasteiger partial charge on any atom is 0.408 e. The van der Waals surface area contributed by atoms with Crippen LogP contribution in [0.3, 0.4) is 0 Å². The summed E-state index contributed by atoms with van der Waals surface area (Å²) in [4.78, 5) is 37.5. The van der Waals surface area contributed by atoms with Gasteiger partial charge in [-0.1, -0.05) is 44.6 Å². The summed E-state index contributed by atoms with van der Waals surface area (Å²) in [5.41, 5.74) is -0.190. The van der Waals surface area contributed by atoms with Crippen LogP contribution < -0.4 is 5.32 Å². The van der Waals surface area contributed by atoms with Crippen molar-refractivity contribution in [1.29, 1.82) is 0 Å². The van der Waals surface area contributed by atoms with E-state index in [4.69, 9.17) is 4.74 Å². The highest BCUT2D eigenvalue weighted by atomic mass is 16.6. The Morgan fingerprint density at radius 1 is 1.23 bits per heavy atom. The molecule has 0 saturated heterocycles. The smallest absolute Gasteiger partial charge is 0.408 e. The van der Waals surface area contributed by atoms with Crippen molar-refractivity contribution in [2.24, 2.45) is 28.6 Å². The molecule has 5 heteroatoms. The first-order valence-electron chi connectivity index (χ1n) is 12.1. The minimum absolute atomic E-state index is 0.0433. The Balaban J connectivity index is 1.65. The van der Waals surface area contributed by atoms with E-state index in [2.05, 4.69) is 37.4 Å². The van der Waals surface area contributed by atoms with Gasteiger partial charge in [0.25, 0.3) is 0 Å². The van der Waals surface area contributed by atoms with Gasteiger partial charge in [0.15, 0.2) is 11.9 Å². The van der Waals surface area contributed by atoms with E-state index in [1.54, 1.807) is 5.57 Å². The number of ether oxygens (including phenoxy) is 1. The average molecular weight is 428 g/mol. The third kappa shape index (κ3) is 3.22. The van der Waals surface area contributed by atoms with E-state index in [1.807, 2.05) is 13.8 Å². The van der Waals surface area contributed by atoms with Crippen LogP contribution in [-0.4, -0.2) is 29.8 Å². The van der Waals surface area contributed by atoms with Gasteiger partial charge in [-0.2, -0.15) is 0 Å². The largest absolute Gasteiger partial charge is 0.434 e. The Labute approximate surface area is 186 Å². The predicted octanol–water partition coefficient (Wildman–Crippen LogP) is 5.15. The lowest BCUT2D eigenvalue weighted by molar-refractivity contribution is -0.162. The zero-order valence-electron chi connectivity index (χ0n) is 19.4. The van der Waals surface area contributed by atoms with E-state index in [0.717, 1.165) is 44.9 Å². The molecule has 5 nitrogen and oxygen atoms in total. The molecule has 3 saturated carbocycles. The SMILES string of the molecule is CCC(C)NC(=O)O[C@]1(C(=O)C=O)CC[C@H]2[C@@H]3CCC4=CCC=C[C@]4(C)[C@H]3CC[C@@]21C. The fraction of sp³-hybridized carbons (Fsp3) is 0.731. The molecule has 170 valence electrons. The number of alkyl carbamates (subject to hydrolysis) is 1. The first-order valence-corrected chi connectivity index (χ1v) is 12.1. The minimum atomic E-state index is -1.35. The second-order valence-corrected chi connectivity index (χ2v) is 10.7. The van der Waals surface area contributed by atoms with Gasteiger partial charge in [-0.3, -0.25) is 9.59 Å². The van der Waals surface area contributed by atoms with Gasteiger partial charge in [0.1, 0.15) is 0 Å². The van der Waals surface area contributed by atoms with Crippen molar-refractivity contribution in [2.45, 2.75) is 90.7 Å². The van der Waals surface area contributed by atoms with Gasteiger partial charge in [0.05, 0.1) is 0 Å². The highest BCUT2D eigenvalue weighted by Crippen LogP contribution is 2.67. The quantitative estimate of drug-likeness (QED) is 0.374. The van der Waals surface area contributed by atoms with E-state index < -0.39 is 22.9 Å². The molecule has 0 aromatic rings. The Morgan fingerprint density at radius 2 is 1.97 bits per heavy atom. The zero-order chi connectivity index (χ0) is 22.4. The van der Waals surface area contributed by atoms with E-state index in [0.29, 0.717) is 24.5 Å². The lowest BCUT2D eigenvalue weighted by Crippen LogP contribution is -2.60. The Morgan fingerprint density at radius 3 is 2.68 bits per heavy atom. The molecule has 0 aliphatic heterocycles. The molecular weight excluding hydrogens is 390 g/mol. The van der Waals surface area contributed by atoms with Crippen molar-refractivity contribution in [1.82, 2.24) is 5.32 Å². The molecule has 4 aliphatic rings. The summed E-state index contributed by atoms with van der Waals surface area (Å²) >= 11 is 0. The van der Waals surface area contributed by atoms with E-state index in [-0.39, 0.29) is 17.4 Å². The molecule has 0 spiro atoms. The highest BCUT2D eigenvalue weighted by molar-refractivity contribution is 6.29. The minimum Gasteiger partial charge on any atom is -0.434 e. The van der Waals surface area contributed by atoms with Crippen molar-refractivity contribution in [2.75, 3.05) is 0 Å². The predicted molar refractivity (Wildman–Crippen MR) is 119 cm³/mol. The lowest BCUT2D eigenvalue weighted by atomic mass is 9.47. The number of carbonyl (C=O) groups is 3. The maximum atomic E-state index is 13.0. The molecule has 0 aromatic carbocycles. The molecule has 1 N–H and O–H groups in total. The van der Waals surface area contributed by atoms with Crippen LogP contribution in [0.1, 0.15) is 79.1 Å². The normalized spacial score (nSPS) is 41.8. The van der Waals surface area contributed by atoms with Crippen molar-refractivity contribution >= 4 is 18.2 Å². The van der Waals surface area contributed by atoms with Crippen LogP contribution in [-0.2, 0) is 14.3 Å². The molecule has 0 bridgehead atoms. The second-order valence-electron chi connectivity index (χ2n) is 10.7. The standard InChI is InChI=1S/C26H37NO4/c1-5-17(2)27-23(30)31-26(22(29)16-28)15-12-21-19-10-9-18-8-6-7-13-24(18,3)20(19)11-14-25(21,26)4/h7-8,13,16-17,19-21H,5-6,9-12,14-15H2,1-4H3,(H,27,30)/t17?,19-,20+,21+,24+,25+,26+/m1/s1. The third-order valence-corrected chi connectivity index (χ3v) is 9.48. The van der Waals surface area contributed by atoms with Crippen LogP contribution in [0.4, 0.5) is 4.79 Å². The number of amides is 1. The summed E-state index contributed by atoms with van der Waals surface area (Å²) in [6, 6.07) is -0.0433. The number of Topliss-reactive ketones (excluding diaryl/α,β-unsaturated/α-hetero) is 1. The fourth-order valence-corrected chi connectivity index (χ4v) is 7.55. The first-order chi connectivity index (χ1) is 14.7. The molecule has 7 atom stereocenters. The van der Waals surface area contributed by atoms with Gasteiger partial charge in [-0.15, -0.1) is 0 Å².